The first kappa shape index (κ1) is 19.5. The van der Waals surface area contributed by atoms with Crippen LogP contribution < -0.4 is 15.5 Å². The molecule has 1 aromatic carbocycles. The monoisotopic (exact) mass is 421 g/mol. The van der Waals surface area contributed by atoms with Gasteiger partial charge in [0.05, 0.1) is 5.69 Å². The Morgan fingerprint density at radius 1 is 1.23 bits per heavy atom. The number of aliphatic imine (C=N–C) groups is 1. The van der Waals surface area contributed by atoms with Crippen LogP contribution in [0, 0.1) is 5.92 Å². The van der Waals surface area contributed by atoms with Crippen LogP contribution in [0.4, 0.5) is 5.69 Å². The zero-order valence-electron chi connectivity index (χ0n) is 16.0. The van der Waals surface area contributed by atoms with E-state index in [0.29, 0.717) is 6.04 Å². The number of nitrogens with zero attached hydrogens (tertiary/aromatic N) is 3. The van der Waals surface area contributed by atoms with E-state index in [4.69, 9.17) is 0 Å². The Hall–Kier alpha value is -1.27. The number of nitrogens with one attached hydrogen (secondary N) is 2. The van der Waals surface area contributed by atoms with Crippen LogP contribution in [0.15, 0.2) is 33.7 Å². The van der Waals surface area contributed by atoms with E-state index in [1.807, 2.05) is 7.05 Å². The Balaban J connectivity index is 1.44. The quantitative estimate of drug-likeness (QED) is 0.547. The molecule has 0 amide bonds. The van der Waals surface area contributed by atoms with Crippen LogP contribution in [0.3, 0.4) is 0 Å². The number of guanidine groups is 1. The fraction of sp³-hybridized carbons (Fsp3) is 0.650. The highest BCUT2D eigenvalue weighted by molar-refractivity contribution is 9.10. The van der Waals surface area contributed by atoms with Crippen molar-refractivity contribution < 1.29 is 0 Å². The van der Waals surface area contributed by atoms with E-state index in [-0.39, 0.29) is 0 Å². The molecule has 0 spiro atoms. The highest BCUT2D eigenvalue weighted by Gasteiger charge is 2.25. The van der Waals surface area contributed by atoms with Gasteiger partial charge < -0.3 is 20.4 Å². The summed E-state index contributed by atoms with van der Waals surface area (Å²) < 4.78 is 1.17. The first-order chi connectivity index (χ1) is 12.7. The van der Waals surface area contributed by atoms with Gasteiger partial charge in [-0.2, -0.15) is 0 Å². The topological polar surface area (TPSA) is 42.9 Å². The molecule has 0 aliphatic carbocycles. The minimum absolute atomic E-state index is 0.438. The van der Waals surface area contributed by atoms with Gasteiger partial charge in [-0.1, -0.05) is 19.1 Å². The van der Waals surface area contributed by atoms with Gasteiger partial charge in [0.2, 0.25) is 0 Å². The van der Waals surface area contributed by atoms with E-state index >= 15 is 0 Å². The van der Waals surface area contributed by atoms with Crippen LogP contribution in [-0.2, 0) is 0 Å². The van der Waals surface area contributed by atoms with E-state index < -0.39 is 0 Å². The Kier molecular flexibility index (Phi) is 7.20. The van der Waals surface area contributed by atoms with Gasteiger partial charge in [0.15, 0.2) is 5.96 Å². The summed E-state index contributed by atoms with van der Waals surface area (Å²) in [5.41, 5.74) is 1.28. The molecule has 3 rings (SSSR count). The van der Waals surface area contributed by atoms with E-state index in [2.05, 4.69) is 72.5 Å². The molecular weight excluding hydrogens is 390 g/mol. The Labute approximate surface area is 166 Å². The molecule has 2 heterocycles. The average molecular weight is 422 g/mol. The summed E-state index contributed by atoms with van der Waals surface area (Å²) in [4.78, 5) is 9.45. The lowest BCUT2D eigenvalue weighted by molar-refractivity contribution is 0.324. The Morgan fingerprint density at radius 3 is 2.85 bits per heavy atom. The molecular formula is C20H32BrN5. The number of hydrogen-bond acceptors (Lipinski definition) is 3. The minimum atomic E-state index is 0.438. The fourth-order valence-electron chi connectivity index (χ4n) is 4.03. The summed E-state index contributed by atoms with van der Waals surface area (Å²) in [5.74, 6) is 1.68. The van der Waals surface area contributed by atoms with E-state index in [0.717, 1.165) is 37.9 Å². The molecule has 0 aromatic heterocycles. The molecule has 144 valence electrons. The third-order valence-electron chi connectivity index (χ3n) is 5.41. The summed E-state index contributed by atoms with van der Waals surface area (Å²) in [6.07, 6.45) is 3.68. The average Bonchev–Trinajstić information content (AvgIpc) is 3.29. The number of benzene rings is 1. The van der Waals surface area contributed by atoms with E-state index in [1.54, 1.807) is 0 Å². The van der Waals surface area contributed by atoms with Crippen molar-refractivity contribution in [3.63, 3.8) is 0 Å². The van der Waals surface area contributed by atoms with Crippen molar-refractivity contribution >= 4 is 27.6 Å². The molecule has 2 unspecified atom stereocenters. The van der Waals surface area contributed by atoms with Gasteiger partial charge in [-0.25, -0.2) is 0 Å². The van der Waals surface area contributed by atoms with Gasteiger partial charge in [-0.15, -0.1) is 0 Å². The van der Waals surface area contributed by atoms with E-state index in [9.17, 15) is 0 Å². The maximum absolute atomic E-state index is 4.44. The molecule has 0 radical (unpaired) electrons. The molecule has 1 aromatic rings. The molecule has 2 fully saturated rings. The maximum Gasteiger partial charge on any atom is 0.191 e. The third-order valence-corrected chi connectivity index (χ3v) is 6.08. The van der Waals surface area contributed by atoms with Gasteiger partial charge in [0, 0.05) is 43.7 Å². The number of hydrogen-bond donors (Lipinski definition) is 2. The Bertz CT molecular complexity index is 606. The highest BCUT2D eigenvalue weighted by atomic mass is 79.9. The molecule has 2 atom stereocenters. The van der Waals surface area contributed by atoms with Gasteiger partial charge in [-0.3, -0.25) is 4.99 Å². The second kappa shape index (κ2) is 9.60. The lowest BCUT2D eigenvalue weighted by atomic mass is 10.1. The van der Waals surface area contributed by atoms with Gasteiger partial charge in [0.25, 0.3) is 0 Å². The van der Waals surface area contributed by atoms with E-state index in [1.165, 1.54) is 42.6 Å². The normalized spacial score (nSPS) is 24.3. The lowest BCUT2D eigenvalue weighted by Crippen LogP contribution is -2.46. The zero-order chi connectivity index (χ0) is 18.4. The number of para-hydroxylation sites is 1. The molecule has 0 bridgehead atoms. The summed E-state index contributed by atoms with van der Waals surface area (Å²) >= 11 is 3.67. The smallest absolute Gasteiger partial charge is 0.191 e. The number of halogens is 1. The standard InChI is InChI=1S/C20H32BrN5/c1-3-10-25-11-8-16(14-25)13-23-20(22-2)24-17-9-12-26(15-17)19-7-5-4-6-18(19)21/h4-7,16-17H,3,8-15H2,1-2H3,(H2,22,23,24). The van der Waals surface area contributed by atoms with Crippen LogP contribution in [0.5, 0.6) is 0 Å². The molecule has 2 N–H and O–H groups in total. The molecule has 26 heavy (non-hydrogen) atoms. The van der Waals surface area contributed by atoms with Crippen molar-refractivity contribution in [3.05, 3.63) is 28.7 Å². The molecule has 5 nitrogen and oxygen atoms in total. The maximum atomic E-state index is 4.44. The summed E-state index contributed by atoms with van der Waals surface area (Å²) in [7, 11) is 1.87. The largest absolute Gasteiger partial charge is 0.368 e. The molecule has 2 aliphatic rings. The van der Waals surface area contributed by atoms with Gasteiger partial charge in [0.1, 0.15) is 0 Å². The van der Waals surface area contributed by atoms with Crippen LogP contribution >= 0.6 is 15.9 Å². The lowest BCUT2D eigenvalue weighted by Gasteiger charge is -2.22. The van der Waals surface area contributed by atoms with Crippen molar-refractivity contribution in [1.29, 1.82) is 0 Å². The third kappa shape index (κ3) is 5.13. The first-order valence-corrected chi connectivity index (χ1v) is 10.7. The predicted molar refractivity (Wildman–Crippen MR) is 114 cm³/mol. The zero-order valence-corrected chi connectivity index (χ0v) is 17.6. The molecule has 6 heteroatoms. The minimum Gasteiger partial charge on any atom is -0.368 e. The second-order valence-corrected chi connectivity index (χ2v) is 8.29. The predicted octanol–water partition coefficient (Wildman–Crippen LogP) is 2.92. The van der Waals surface area contributed by atoms with Crippen molar-refractivity contribution in [3.8, 4) is 0 Å². The Morgan fingerprint density at radius 2 is 2.08 bits per heavy atom. The second-order valence-electron chi connectivity index (χ2n) is 7.44. The molecule has 2 saturated heterocycles. The number of anilines is 1. The van der Waals surface area contributed by atoms with Crippen LogP contribution in [-0.4, -0.2) is 63.2 Å². The van der Waals surface area contributed by atoms with Gasteiger partial charge >= 0.3 is 0 Å². The summed E-state index contributed by atoms with van der Waals surface area (Å²) in [6, 6.07) is 8.90. The molecule has 0 saturated carbocycles. The number of likely N-dealkylation sites (tertiary alicyclic amines) is 1. The van der Waals surface area contributed by atoms with Crippen molar-refractivity contribution in [2.24, 2.45) is 10.9 Å². The van der Waals surface area contributed by atoms with Crippen LogP contribution in [0.25, 0.3) is 0 Å². The van der Waals surface area contributed by atoms with Crippen LogP contribution in [0.2, 0.25) is 0 Å². The van der Waals surface area contributed by atoms with Crippen LogP contribution in [0.1, 0.15) is 26.2 Å². The number of rotatable bonds is 6. The SMILES string of the molecule is CCCN1CCC(CNC(=NC)NC2CCN(c3ccccc3Br)C2)C1. The van der Waals surface area contributed by atoms with Crippen molar-refractivity contribution in [2.75, 3.05) is 51.2 Å². The molecule has 2 aliphatic heterocycles. The van der Waals surface area contributed by atoms with Gasteiger partial charge in [-0.05, 0) is 66.3 Å². The highest BCUT2D eigenvalue weighted by Crippen LogP contribution is 2.28. The van der Waals surface area contributed by atoms with Crippen molar-refractivity contribution in [1.82, 2.24) is 15.5 Å². The summed E-state index contributed by atoms with van der Waals surface area (Å²) in [6.45, 7) is 9.06. The fourth-order valence-corrected chi connectivity index (χ4v) is 4.57. The first-order valence-electron chi connectivity index (χ1n) is 9.88. The summed E-state index contributed by atoms with van der Waals surface area (Å²) in [5, 5.41) is 7.16. The van der Waals surface area contributed by atoms with Crippen molar-refractivity contribution in [2.45, 2.75) is 32.2 Å².